The van der Waals surface area contributed by atoms with Gasteiger partial charge in [0.15, 0.2) is 0 Å². The molecule has 0 aliphatic carbocycles. The summed E-state index contributed by atoms with van der Waals surface area (Å²) < 4.78 is 39.5. The Morgan fingerprint density at radius 2 is 1.61 bits per heavy atom. The van der Waals surface area contributed by atoms with Crippen molar-refractivity contribution in [3.63, 3.8) is 0 Å². The van der Waals surface area contributed by atoms with Crippen molar-refractivity contribution in [1.29, 1.82) is 0 Å². The molecule has 0 radical (unpaired) electrons. The Labute approximate surface area is 243 Å². The Hall–Kier alpha value is -2.86. The summed E-state index contributed by atoms with van der Waals surface area (Å²) in [5, 5.41) is 17.9. The number of para-hydroxylation sites is 1. The third kappa shape index (κ3) is 7.37. The van der Waals surface area contributed by atoms with Gasteiger partial charge in [-0.15, -0.1) is 10.2 Å². The number of hydrogen-bond donors (Lipinski definition) is 3. The van der Waals surface area contributed by atoms with Crippen molar-refractivity contribution in [2.24, 2.45) is 10.2 Å². The van der Waals surface area contributed by atoms with Crippen LogP contribution >= 0.6 is 0 Å². The van der Waals surface area contributed by atoms with E-state index < -0.39 is 10.1 Å². The molecule has 0 aliphatic rings. The van der Waals surface area contributed by atoms with Crippen LogP contribution in [0.4, 0.5) is 17.1 Å². The second-order valence-electron chi connectivity index (χ2n) is 8.41. The van der Waals surface area contributed by atoms with Gasteiger partial charge in [0.2, 0.25) is 0 Å². The van der Waals surface area contributed by atoms with Crippen molar-refractivity contribution < 1.29 is 22.8 Å². The Balaban J connectivity index is 0.00000400. The van der Waals surface area contributed by atoms with E-state index in [-0.39, 0.29) is 52.4 Å². The first-order valence-corrected chi connectivity index (χ1v) is 13.3. The van der Waals surface area contributed by atoms with Gasteiger partial charge in [0, 0.05) is 22.9 Å². The number of hydrogen-bond acceptors (Lipinski definition) is 8. The number of rotatable bonds is 11. The number of azo groups is 1. The number of ether oxygens (including phenoxy) is 1. The van der Waals surface area contributed by atoms with Crippen LogP contribution in [-0.2, 0) is 10.1 Å². The van der Waals surface area contributed by atoms with Crippen LogP contribution < -0.4 is 10.5 Å². The van der Waals surface area contributed by atoms with Crippen molar-refractivity contribution in [3.8, 4) is 17.0 Å². The van der Waals surface area contributed by atoms with Gasteiger partial charge in [-0.3, -0.25) is 9.54 Å². The third-order valence-electron chi connectivity index (χ3n) is 5.80. The Morgan fingerprint density at radius 1 is 0.895 bits per heavy atom. The molecule has 0 amide bonds. The van der Waals surface area contributed by atoms with Gasteiger partial charge in [0.05, 0.1) is 24.2 Å². The molecule has 1 heterocycles. The van der Waals surface area contributed by atoms with Gasteiger partial charge in [0.25, 0.3) is 10.1 Å². The van der Waals surface area contributed by atoms with Gasteiger partial charge in [0.1, 0.15) is 22.0 Å². The quantitative estimate of drug-likeness (QED) is 0.0750. The Morgan fingerprint density at radius 3 is 2.32 bits per heavy atom. The number of nitrogens with zero attached hydrogens (tertiary/aromatic N) is 3. The zero-order chi connectivity index (χ0) is 26.3. The monoisotopic (exact) mass is 544 g/mol. The summed E-state index contributed by atoms with van der Waals surface area (Å²) in [5.74, 6) is 0.730. The fourth-order valence-electron chi connectivity index (χ4n) is 3.92. The van der Waals surface area contributed by atoms with E-state index in [0.29, 0.717) is 28.8 Å². The van der Waals surface area contributed by atoms with Crippen LogP contribution in [-0.4, -0.2) is 65.8 Å². The number of unbranched alkanes of at least 4 members (excludes halogenated alkanes) is 3. The fourth-order valence-corrected chi connectivity index (χ4v) is 4.63. The molecule has 1 aromatic heterocycles. The molecule has 4 N–H and O–H groups in total. The first-order valence-electron chi connectivity index (χ1n) is 11.9. The van der Waals surface area contributed by atoms with E-state index in [2.05, 4.69) is 15.2 Å². The third-order valence-corrected chi connectivity index (χ3v) is 6.69. The molecule has 0 saturated carbocycles. The number of anilines is 1. The van der Waals surface area contributed by atoms with E-state index >= 15 is 0 Å². The number of nitrogens with two attached hydrogens (primary N) is 1. The van der Waals surface area contributed by atoms with Crippen molar-refractivity contribution in [2.45, 2.75) is 30.6 Å². The Bertz CT molecular complexity index is 1510. The molecule has 194 valence electrons. The molecular weight excluding hydrogens is 515 g/mol. The predicted molar refractivity (Wildman–Crippen MR) is 150 cm³/mol. The zero-order valence-corrected chi connectivity index (χ0v) is 20.9. The van der Waals surface area contributed by atoms with Gasteiger partial charge in [-0.05, 0) is 49.6 Å². The summed E-state index contributed by atoms with van der Waals surface area (Å²) in [7, 11) is -4.50. The molecular formula is C27H29N4NaO5S. The van der Waals surface area contributed by atoms with Crippen LogP contribution in [0.1, 0.15) is 25.7 Å². The molecule has 11 heteroatoms. The zero-order valence-electron chi connectivity index (χ0n) is 20.1. The molecule has 0 atom stereocenters. The first-order chi connectivity index (χ1) is 17.9. The minimum atomic E-state index is -4.50. The van der Waals surface area contributed by atoms with Crippen LogP contribution in [0.3, 0.4) is 0 Å². The van der Waals surface area contributed by atoms with Crippen LogP contribution in [0.2, 0.25) is 0 Å². The summed E-state index contributed by atoms with van der Waals surface area (Å²) in [6.45, 7) is 0.791. The maximum atomic E-state index is 11.9. The average Bonchev–Trinajstić information content (AvgIpc) is 2.90. The topological polar surface area (TPSA) is 147 Å². The molecule has 0 spiro atoms. The minimum absolute atomic E-state index is 0. The summed E-state index contributed by atoms with van der Waals surface area (Å²) >= 11 is 0. The summed E-state index contributed by atoms with van der Waals surface area (Å²) in [4.78, 5) is 4.20. The summed E-state index contributed by atoms with van der Waals surface area (Å²) in [5.41, 5.74) is 8.57. The number of nitrogen functional groups attached to an aromatic ring is 1. The molecule has 4 rings (SSSR count). The van der Waals surface area contributed by atoms with Gasteiger partial charge in [-0.1, -0.05) is 42.8 Å². The Kier molecular flexibility index (Phi) is 10.8. The molecule has 9 nitrogen and oxygen atoms in total. The van der Waals surface area contributed by atoms with Crippen LogP contribution in [0, 0.1) is 0 Å². The molecule has 38 heavy (non-hydrogen) atoms. The molecule has 4 aromatic rings. The molecule has 0 saturated heterocycles. The van der Waals surface area contributed by atoms with Crippen molar-refractivity contribution >= 4 is 67.5 Å². The molecule has 0 unspecified atom stereocenters. The van der Waals surface area contributed by atoms with E-state index in [4.69, 9.17) is 15.6 Å². The van der Waals surface area contributed by atoms with E-state index in [1.807, 2.05) is 24.3 Å². The van der Waals surface area contributed by atoms with Crippen molar-refractivity contribution in [1.82, 2.24) is 4.98 Å². The normalized spacial score (nSPS) is 11.5. The van der Waals surface area contributed by atoms with Gasteiger partial charge < -0.3 is 15.6 Å². The summed E-state index contributed by atoms with van der Waals surface area (Å²) in [6, 6.07) is 19.0. The maximum absolute atomic E-state index is 11.9. The number of fused-ring (bicyclic) bond motifs is 1. The number of aromatic nitrogens is 1. The number of aliphatic hydroxyl groups excluding tert-OH is 1. The molecule has 0 bridgehead atoms. The van der Waals surface area contributed by atoms with Gasteiger partial charge in [-0.2, -0.15) is 8.42 Å². The van der Waals surface area contributed by atoms with Gasteiger partial charge in [-0.25, -0.2) is 0 Å². The van der Waals surface area contributed by atoms with E-state index in [1.165, 1.54) is 6.07 Å². The molecule has 0 aliphatic heterocycles. The van der Waals surface area contributed by atoms with Crippen LogP contribution in [0.25, 0.3) is 22.0 Å². The fraction of sp³-hybridized carbons (Fsp3) is 0.222. The average molecular weight is 545 g/mol. The number of aliphatic hydroxyl groups is 1. The van der Waals surface area contributed by atoms with Crippen molar-refractivity contribution in [2.75, 3.05) is 18.9 Å². The second kappa shape index (κ2) is 13.8. The van der Waals surface area contributed by atoms with Crippen LogP contribution in [0.15, 0.2) is 88.1 Å². The first kappa shape index (κ1) is 29.7. The van der Waals surface area contributed by atoms with Crippen molar-refractivity contribution in [3.05, 3.63) is 72.9 Å². The number of pyridine rings is 1. The van der Waals surface area contributed by atoms with E-state index in [9.17, 15) is 13.0 Å². The predicted octanol–water partition coefficient (Wildman–Crippen LogP) is 5.43. The molecule has 0 fully saturated rings. The van der Waals surface area contributed by atoms with E-state index in [0.717, 1.165) is 37.0 Å². The van der Waals surface area contributed by atoms with Crippen LogP contribution in [0.5, 0.6) is 5.75 Å². The molecule has 3 aromatic carbocycles. The number of benzene rings is 3. The van der Waals surface area contributed by atoms with Gasteiger partial charge >= 0.3 is 29.6 Å². The van der Waals surface area contributed by atoms with E-state index in [1.54, 1.807) is 42.6 Å². The SMILES string of the molecule is Nc1c(N=Nc2ccc(-c3ccccc3OCCCCCCO)nc2)cc(S(=O)(=O)O)c2ccccc12.[NaH]. The summed E-state index contributed by atoms with van der Waals surface area (Å²) in [6.07, 6.45) is 5.22. The second-order valence-corrected chi connectivity index (χ2v) is 9.80. The standard InChI is InChI=1S/C27H28N4O5S.Na.H/c28-27-21-10-4-3-9-20(21)26(37(33,34)35)17-24(27)31-30-19-13-14-23(29-18-19)22-11-5-6-12-25(22)36-16-8-2-1-7-15-32;;/h3-6,9-14,17-18,32H,1-2,7-8,15-16,28H2,(H,33,34,35);;.